The Kier molecular flexibility index (Phi) is 15.6. The fraction of sp³-hybridized carbons (Fsp3) is 0.135. The number of anilines is 4. The molecule has 4 N–H and O–H groups in total. The van der Waals surface area contributed by atoms with E-state index in [2.05, 4.69) is 67.9 Å². The minimum absolute atomic E-state index is 0.260. The summed E-state index contributed by atoms with van der Waals surface area (Å²) < 4.78 is 40.6. The molecule has 72 heavy (non-hydrogen) atoms. The van der Waals surface area contributed by atoms with Crippen LogP contribution in [0.4, 0.5) is 36.1 Å². The Morgan fingerprint density at radius 3 is 1.58 bits per heavy atom. The van der Waals surface area contributed by atoms with E-state index in [1.165, 1.54) is 65.6 Å². The van der Waals surface area contributed by atoms with Crippen LogP contribution in [0.2, 0.25) is 0 Å². The van der Waals surface area contributed by atoms with Crippen LogP contribution in [0.15, 0.2) is 159 Å². The summed E-state index contributed by atoms with van der Waals surface area (Å²) in [4.78, 5) is 55.9. The maximum absolute atomic E-state index is 13.1. The summed E-state index contributed by atoms with van der Waals surface area (Å²) >= 11 is 0. The Labute approximate surface area is 411 Å². The van der Waals surface area contributed by atoms with Crippen molar-refractivity contribution in [3.05, 3.63) is 193 Å². The molecular weight excluding hydrogens is 926 g/mol. The molecule has 10 rings (SSSR count). The first kappa shape index (κ1) is 49.1. The van der Waals surface area contributed by atoms with E-state index >= 15 is 0 Å². The van der Waals surface area contributed by atoms with Gasteiger partial charge in [-0.15, -0.1) is 0 Å². The summed E-state index contributed by atoms with van der Waals surface area (Å²) in [6.07, 6.45) is 13.4. The zero-order valence-electron chi connectivity index (χ0n) is 39.2. The van der Waals surface area contributed by atoms with Gasteiger partial charge in [0.1, 0.15) is 28.8 Å². The van der Waals surface area contributed by atoms with Crippen molar-refractivity contribution in [2.24, 2.45) is 7.05 Å². The first-order chi connectivity index (χ1) is 34.9. The second-order valence-corrected chi connectivity index (χ2v) is 16.3. The Balaban J connectivity index is 0.000000146. The minimum atomic E-state index is -0.355. The van der Waals surface area contributed by atoms with Gasteiger partial charge in [-0.1, -0.05) is 0 Å². The summed E-state index contributed by atoms with van der Waals surface area (Å²) in [5.41, 5.74) is 7.38. The van der Waals surface area contributed by atoms with Crippen LogP contribution in [0.1, 0.15) is 31.5 Å². The second-order valence-electron chi connectivity index (χ2n) is 16.3. The number of halogens is 3. The van der Waals surface area contributed by atoms with Gasteiger partial charge in [0.2, 0.25) is 0 Å². The van der Waals surface area contributed by atoms with E-state index in [-0.39, 0.29) is 35.2 Å². The molecule has 17 nitrogen and oxygen atoms in total. The molecular formula is C52H47F3N14O3. The van der Waals surface area contributed by atoms with Crippen molar-refractivity contribution in [2.75, 3.05) is 60.7 Å². The molecule has 3 amide bonds. The molecule has 1 fully saturated rings. The van der Waals surface area contributed by atoms with Crippen molar-refractivity contribution in [3.8, 4) is 33.4 Å². The van der Waals surface area contributed by atoms with E-state index in [1.54, 1.807) is 92.6 Å². The van der Waals surface area contributed by atoms with E-state index in [1.807, 2.05) is 24.3 Å². The van der Waals surface area contributed by atoms with Crippen LogP contribution in [0.5, 0.6) is 0 Å². The number of H-pyrrole nitrogens is 2. The molecule has 0 saturated carbocycles. The maximum atomic E-state index is 13.1. The molecule has 6 aromatic heterocycles. The van der Waals surface area contributed by atoms with E-state index in [0.29, 0.717) is 39.7 Å². The van der Waals surface area contributed by atoms with Crippen LogP contribution in [-0.2, 0) is 7.05 Å². The number of rotatable bonds is 10. The summed E-state index contributed by atoms with van der Waals surface area (Å²) in [6, 6.07) is 27.9. The Hall–Kier alpha value is -9.30. The molecule has 364 valence electrons. The SMILES string of the molecule is CN(C(=O)c1nn(C)cc1-c1ccncc1)c1ccc(F)cc1.CN1CCN(c2n[nH]c(C(=O)Nc3ccc(F)cc3)c2-c2ccncc2)CC1.O=C(Nc1ccc(F)cc1)c1[nH]ncc1-c1ccncc1. The van der Waals surface area contributed by atoms with E-state index < -0.39 is 0 Å². The number of carbonyl (C=O) groups excluding carboxylic acids is 3. The number of hydrogen-bond donors (Lipinski definition) is 4. The summed E-state index contributed by atoms with van der Waals surface area (Å²) in [6.45, 7) is 3.52. The minimum Gasteiger partial charge on any atom is -0.352 e. The Morgan fingerprint density at radius 1 is 0.583 bits per heavy atom. The number of hydrogen-bond acceptors (Lipinski definition) is 11. The Bertz CT molecular complexity index is 3220. The molecule has 1 saturated heterocycles. The molecule has 0 unspecified atom stereocenters. The first-order valence-electron chi connectivity index (χ1n) is 22.4. The third kappa shape index (κ3) is 12.1. The molecule has 7 heterocycles. The van der Waals surface area contributed by atoms with Crippen molar-refractivity contribution >= 4 is 40.6 Å². The standard InChI is InChI=1S/C20H21FN6O.C17H15FN4O.C15H11FN4O/c1-26-10-12-27(13-11-26)19-17(14-6-8-22-9-7-14)18(24-25-19)20(28)23-16-4-2-15(21)3-5-16;1-21-11-15(12-7-9-19-10-8-12)16(20-21)17(23)22(2)14-5-3-13(18)4-6-14;16-11-1-3-12(4-2-11)19-15(21)14-13(9-18-20-14)10-5-7-17-8-6-10/h2-9H,10-13H2,1H3,(H,23,28)(H,24,25);3-11H,1-2H3;1-9H,(H,18,20)(H,19,21). The summed E-state index contributed by atoms with van der Waals surface area (Å²) in [5, 5.41) is 23.7. The first-order valence-corrected chi connectivity index (χ1v) is 22.4. The second kappa shape index (κ2) is 22.9. The number of carbonyl (C=O) groups is 3. The van der Waals surface area contributed by atoms with Crippen LogP contribution < -0.4 is 20.4 Å². The van der Waals surface area contributed by atoms with E-state index in [0.717, 1.165) is 59.8 Å². The van der Waals surface area contributed by atoms with E-state index in [4.69, 9.17) is 0 Å². The molecule has 1 aliphatic rings. The van der Waals surface area contributed by atoms with Crippen LogP contribution in [0, 0.1) is 17.5 Å². The number of pyridine rings is 3. The molecule has 0 radical (unpaired) electrons. The number of aromatic amines is 2. The third-order valence-electron chi connectivity index (χ3n) is 11.3. The number of aromatic nitrogens is 9. The van der Waals surface area contributed by atoms with Gasteiger partial charge in [0.05, 0.1) is 11.8 Å². The van der Waals surface area contributed by atoms with Crippen molar-refractivity contribution in [3.63, 3.8) is 0 Å². The number of benzene rings is 3. The van der Waals surface area contributed by atoms with Gasteiger partial charge in [-0.3, -0.25) is 44.2 Å². The lowest BCUT2D eigenvalue weighted by molar-refractivity contribution is 0.0985. The molecule has 9 aromatic rings. The highest BCUT2D eigenvalue weighted by molar-refractivity contribution is 6.10. The number of nitrogens with zero attached hydrogens (tertiary/aromatic N) is 10. The molecule has 0 spiro atoms. The summed E-state index contributed by atoms with van der Waals surface area (Å²) in [5.74, 6) is -1.23. The average molecular weight is 973 g/mol. The van der Waals surface area contributed by atoms with Crippen LogP contribution in [-0.4, -0.2) is 108 Å². The normalized spacial score (nSPS) is 12.2. The number of nitrogens with one attached hydrogen (secondary N) is 4. The number of piperazine rings is 1. The van der Waals surface area contributed by atoms with Crippen molar-refractivity contribution < 1.29 is 27.6 Å². The fourth-order valence-corrected chi connectivity index (χ4v) is 7.53. The highest BCUT2D eigenvalue weighted by atomic mass is 19.1. The number of aryl methyl sites for hydroxylation is 1. The quantitative estimate of drug-likeness (QED) is 0.103. The lowest BCUT2D eigenvalue weighted by Gasteiger charge is -2.33. The number of amides is 3. The van der Waals surface area contributed by atoms with Crippen LogP contribution >= 0.6 is 0 Å². The van der Waals surface area contributed by atoms with Gasteiger partial charge >= 0.3 is 0 Å². The molecule has 1 aliphatic heterocycles. The fourth-order valence-electron chi connectivity index (χ4n) is 7.53. The molecule has 20 heteroatoms. The van der Waals surface area contributed by atoms with Crippen molar-refractivity contribution in [1.82, 2.24) is 50.0 Å². The predicted octanol–water partition coefficient (Wildman–Crippen LogP) is 8.38. The van der Waals surface area contributed by atoms with Crippen LogP contribution in [0.3, 0.4) is 0 Å². The predicted molar refractivity (Wildman–Crippen MR) is 268 cm³/mol. The highest BCUT2D eigenvalue weighted by Crippen LogP contribution is 2.33. The van der Waals surface area contributed by atoms with Gasteiger partial charge in [-0.2, -0.15) is 15.3 Å². The highest BCUT2D eigenvalue weighted by Gasteiger charge is 2.27. The summed E-state index contributed by atoms with van der Waals surface area (Å²) in [7, 11) is 5.49. The maximum Gasteiger partial charge on any atom is 0.279 e. The largest absolute Gasteiger partial charge is 0.352 e. The molecule has 0 atom stereocenters. The monoisotopic (exact) mass is 972 g/mol. The zero-order valence-corrected chi connectivity index (χ0v) is 39.2. The zero-order chi connectivity index (χ0) is 50.6. The van der Waals surface area contributed by atoms with Crippen molar-refractivity contribution in [2.45, 2.75) is 0 Å². The average Bonchev–Trinajstić information content (AvgIpc) is 4.19. The van der Waals surface area contributed by atoms with Crippen molar-refractivity contribution in [1.29, 1.82) is 0 Å². The molecule has 0 bridgehead atoms. The molecule has 0 aliphatic carbocycles. The van der Waals surface area contributed by atoms with Gasteiger partial charge in [0.25, 0.3) is 17.7 Å². The lowest BCUT2D eigenvalue weighted by atomic mass is 10.1. The van der Waals surface area contributed by atoms with Crippen LogP contribution in [0.25, 0.3) is 33.4 Å². The van der Waals surface area contributed by atoms with Gasteiger partial charge in [-0.05, 0) is 133 Å². The topological polar surface area (TPSA) is 199 Å². The number of likely N-dealkylation sites (N-methyl/N-ethyl adjacent to an activating group) is 1. The van der Waals surface area contributed by atoms with Gasteiger partial charge in [0.15, 0.2) is 11.5 Å². The van der Waals surface area contributed by atoms with Gasteiger partial charge in [-0.25, -0.2) is 13.2 Å². The molecule has 3 aromatic carbocycles. The van der Waals surface area contributed by atoms with Gasteiger partial charge in [0, 0.05) is 112 Å². The van der Waals surface area contributed by atoms with E-state index in [9.17, 15) is 27.6 Å². The Morgan fingerprint density at radius 2 is 1.06 bits per heavy atom. The lowest BCUT2D eigenvalue weighted by Crippen LogP contribution is -2.44. The third-order valence-corrected chi connectivity index (χ3v) is 11.3. The smallest absolute Gasteiger partial charge is 0.279 e. The van der Waals surface area contributed by atoms with Gasteiger partial charge < -0.3 is 25.3 Å².